The van der Waals surface area contributed by atoms with Gasteiger partial charge >= 0.3 is 0 Å². The van der Waals surface area contributed by atoms with Crippen molar-refractivity contribution in [3.8, 4) is 0 Å². The number of hydrogen-bond donors (Lipinski definition) is 1. The summed E-state index contributed by atoms with van der Waals surface area (Å²) in [6.45, 7) is 3.81. The highest BCUT2D eigenvalue weighted by molar-refractivity contribution is 5.05. The molecule has 0 bridgehead atoms. The molecule has 2 saturated carbocycles. The fourth-order valence-electron chi connectivity index (χ4n) is 3.21. The third-order valence-corrected chi connectivity index (χ3v) is 4.01. The molecule has 84 valence electrons. The molecule has 3 nitrogen and oxygen atoms in total. The summed E-state index contributed by atoms with van der Waals surface area (Å²) >= 11 is 0. The number of aliphatic hydroxyl groups is 1. The molecule has 2 aliphatic carbocycles. The van der Waals surface area contributed by atoms with E-state index in [-0.39, 0.29) is 30.0 Å². The molecule has 0 aromatic heterocycles. The summed E-state index contributed by atoms with van der Waals surface area (Å²) in [5.41, 5.74) is 0. The SMILES string of the molecule is C=CC1CC(O)C2OC3(CCCC3)OC12. The fourth-order valence-corrected chi connectivity index (χ4v) is 3.21. The maximum atomic E-state index is 9.89. The van der Waals surface area contributed by atoms with Crippen molar-refractivity contribution >= 4 is 0 Å². The summed E-state index contributed by atoms with van der Waals surface area (Å²) in [5, 5.41) is 9.89. The molecule has 1 heterocycles. The van der Waals surface area contributed by atoms with Gasteiger partial charge in [0.05, 0.1) is 12.2 Å². The molecule has 0 aromatic carbocycles. The van der Waals surface area contributed by atoms with Gasteiger partial charge in [-0.05, 0) is 19.3 Å². The summed E-state index contributed by atoms with van der Waals surface area (Å²) in [4.78, 5) is 0. The van der Waals surface area contributed by atoms with Crippen molar-refractivity contribution in [2.75, 3.05) is 0 Å². The van der Waals surface area contributed by atoms with E-state index in [2.05, 4.69) is 6.58 Å². The number of fused-ring (bicyclic) bond motifs is 1. The highest BCUT2D eigenvalue weighted by atomic mass is 16.8. The normalized spacial score (nSPS) is 47.3. The lowest BCUT2D eigenvalue weighted by atomic mass is 10.1. The maximum absolute atomic E-state index is 9.89. The van der Waals surface area contributed by atoms with Crippen LogP contribution in [0.5, 0.6) is 0 Å². The molecular weight excluding hydrogens is 192 g/mol. The second-order valence-electron chi connectivity index (χ2n) is 4.99. The Bertz CT molecular complexity index is 270. The van der Waals surface area contributed by atoms with Gasteiger partial charge in [-0.2, -0.15) is 0 Å². The van der Waals surface area contributed by atoms with E-state index in [1.807, 2.05) is 6.08 Å². The molecule has 15 heavy (non-hydrogen) atoms. The number of hydrogen-bond acceptors (Lipinski definition) is 3. The second kappa shape index (κ2) is 3.30. The van der Waals surface area contributed by atoms with Crippen molar-refractivity contribution in [2.24, 2.45) is 5.92 Å². The van der Waals surface area contributed by atoms with Crippen LogP contribution >= 0.6 is 0 Å². The Morgan fingerprint density at radius 3 is 2.53 bits per heavy atom. The Balaban J connectivity index is 1.81. The van der Waals surface area contributed by atoms with E-state index in [0.717, 1.165) is 19.3 Å². The Kier molecular flexibility index (Phi) is 2.16. The second-order valence-corrected chi connectivity index (χ2v) is 4.99. The first-order chi connectivity index (χ1) is 7.24. The molecule has 4 atom stereocenters. The van der Waals surface area contributed by atoms with Crippen LogP contribution in [-0.2, 0) is 9.47 Å². The Hall–Kier alpha value is -0.380. The summed E-state index contributed by atoms with van der Waals surface area (Å²) in [5.74, 6) is -0.108. The van der Waals surface area contributed by atoms with Crippen LogP contribution in [0.25, 0.3) is 0 Å². The van der Waals surface area contributed by atoms with Gasteiger partial charge in [-0.25, -0.2) is 0 Å². The lowest BCUT2D eigenvalue weighted by molar-refractivity contribution is -0.185. The van der Waals surface area contributed by atoms with E-state index in [9.17, 15) is 5.11 Å². The van der Waals surface area contributed by atoms with Crippen molar-refractivity contribution in [2.45, 2.75) is 56.2 Å². The van der Waals surface area contributed by atoms with Crippen molar-refractivity contribution < 1.29 is 14.6 Å². The van der Waals surface area contributed by atoms with Gasteiger partial charge in [0.1, 0.15) is 6.10 Å². The lowest BCUT2D eigenvalue weighted by Gasteiger charge is -2.24. The van der Waals surface area contributed by atoms with Gasteiger partial charge in [0.25, 0.3) is 0 Å². The van der Waals surface area contributed by atoms with Crippen molar-refractivity contribution in [1.82, 2.24) is 0 Å². The molecule has 0 aromatic rings. The van der Waals surface area contributed by atoms with Gasteiger partial charge in [-0.15, -0.1) is 6.58 Å². The standard InChI is InChI=1S/C12H18O3/c1-2-8-7-9(13)11-10(8)14-12(15-11)5-3-4-6-12/h2,8-11,13H,1,3-7H2. The third-order valence-electron chi connectivity index (χ3n) is 4.01. The molecule has 1 aliphatic heterocycles. The number of ether oxygens (including phenoxy) is 2. The topological polar surface area (TPSA) is 38.7 Å². The van der Waals surface area contributed by atoms with Crippen LogP contribution in [0.15, 0.2) is 12.7 Å². The lowest BCUT2D eigenvalue weighted by Crippen LogP contribution is -2.30. The molecule has 3 rings (SSSR count). The highest BCUT2D eigenvalue weighted by Crippen LogP contribution is 2.48. The van der Waals surface area contributed by atoms with Crippen LogP contribution in [0.3, 0.4) is 0 Å². The predicted molar refractivity (Wildman–Crippen MR) is 55.3 cm³/mol. The highest BCUT2D eigenvalue weighted by Gasteiger charge is 2.56. The van der Waals surface area contributed by atoms with Crippen LogP contribution in [0, 0.1) is 5.92 Å². The monoisotopic (exact) mass is 210 g/mol. The first kappa shape index (κ1) is 9.82. The van der Waals surface area contributed by atoms with E-state index in [1.165, 1.54) is 12.8 Å². The molecular formula is C12H18O3. The van der Waals surface area contributed by atoms with Gasteiger partial charge in [-0.3, -0.25) is 0 Å². The maximum Gasteiger partial charge on any atom is 0.169 e. The van der Waals surface area contributed by atoms with Crippen LogP contribution in [-0.4, -0.2) is 29.2 Å². The van der Waals surface area contributed by atoms with E-state index in [0.29, 0.717) is 0 Å². The van der Waals surface area contributed by atoms with Crippen LogP contribution in [0.2, 0.25) is 0 Å². The molecule has 3 fully saturated rings. The van der Waals surface area contributed by atoms with Gasteiger partial charge in [0.2, 0.25) is 0 Å². The minimum atomic E-state index is -0.377. The number of rotatable bonds is 1. The van der Waals surface area contributed by atoms with Crippen LogP contribution in [0.4, 0.5) is 0 Å². The van der Waals surface area contributed by atoms with E-state index in [1.54, 1.807) is 0 Å². The van der Waals surface area contributed by atoms with E-state index < -0.39 is 0 Å². The number of aliphatic hydroxyl groups excluding tert-OH is 1. The van der Waals surface area contributed by atoms with Gasteiger partial charge in [0, 0.05) is 18.8 Å². The first-order valence-corrected chi connectivity index (χ1v) is 5.90. The zero-order chi connectivity index (χ0) is 10.5. The Morgan fingerprint density at radius 2 is 1.87 bits per heavy atom. The van der Waals surface area contributed by atoms with Crippen LogP contribution in [0.1, 0.15) is 32.1 Å². The summed E-state index contributed by atoms with van der Waals surface area (Å²) in [6, 6.07) is 0. The Labute approximate surface area is 90.1 Å². The molecule has 1 N–H and O–H groups in total. The van der Waals surface area contributed by atoms with Crippen molar-refractivity contribution in [3.05, 3.63) is 12.7 Å². The molecule has 1 saturated heterocycles. The molecule has 3 heteroatoms. The van der Waals surface area contributed by atoms with Crippen LogP contribution < -0.4 is 0 Å². The molecule has 0 radical (unpaired) electrons. The predicted octanol–water partition coefficient (Wildman–Crippen LogP) is 1.61. The van der Waals surface area contributed by atoms with Gasteiger partial charge in [-0.1, -0.05) is 6.08 Å². The van der Waals surface area contributed by atoms with Gasteiger partial charge < -0.3 is 14.6 Å². The van der Waals surface area contributed by atoms with Crippen molar-refractivity contribution in [3.63, 3.8) is 0 Å². The largest absolute Gasteiger partial charge is 0.390 e. The average Bonchev–Trinajstić information content (AvgIpc) is 2.88. The van der Waals surface area contributed by atoms with Gasteiger partial charge in [0.15, 0.2) is 5.79 Å². The first-order valence-electron chi connectivity index (χ1n) is 5.90. The minimum absolute atomic E-state index is 0.0376. The zero-order valence-corrected chi connectivity index (χ0v) is 8.89. The molecule has 0 amide bonds. The summed E-state index contributed by atoms with van der Waals surface area (Å²) in [6.07, 6.45) is 6.48. The minimum Gasteiger partial charge on any atom is -0.390 e. The fraction of sp³-hybridized carbons (Fsp3) is 0.833. The van der Waals surface area contributed by atoms with Crippen molar-refractivity contribution in [1.29, 1.82) is 0 Å². The van der Waals surface area contributed by atoms with E-state index >= 15 is 0 Å². The Morgan fingerprint density at radius 1 is 1.20 bits per heavy atom. The smallest absolute Gasteiger partial charge is 0.169 e. The molecule has 1 spiro atoms. The molecule has 4 unspecified atom stereocenters. The molecule has 3 aliphatic rings. The third kappa shape index (κ3) is 1.37. The summed E-state index contributed by atoms with van der Waals surface area (Å²) < 4.78 is 12.0. The van der Waals surface area contributed by atoms with E-state index in [4.69, 9.17) is 9.47 Å². The quantitative estimate of drug-likeness (QED) is 0.668. The zero-order valence-electron chi connectivity index (χ0n) is 8.89. The average molecular weight is 210 g/mol. The summed E-state index contributed by atoms with van der Waals surface area (Å²) in [7, 11) is 0.